The number of hydrogen-bond donors (Lipinski definition) is 0. The number of carbonyl (C=O) groups is 4. The van der Waals surface area contributed by atoms with Crippen molar-refractivity contribution in [2.24, 2.45) is 0 Å². The number of ether oxygens (including phenoxy) is 6. The normalized spacial score (nSPS) is 11.8. The molecule has 0 heterocycles. The first-order valence-corrected chi connectivity index (χ1v) is 28.8. The van der Waals surface area contributed by atoms with Gasteiger partial charge in [0.2, 0.25) is 0 Å². The fourth-order valence-corrected chi connectivity index (χ4v) is 9.07. The molecule has 6 rings (SSSR count). The molecule has 0 saturated carbocycles. The van der Waals surface area contributed by atoms with E-state index in [4.69, 9.17) is 28.4 Å². The monoisotopic (exact) mass is 1060 g/mol. The standard InChI is InChI=1S/C68H82O10/c1-5-7-9-19-23-51(3)75-65(69)57-29-25-53(26-30-57)55-33-45-63(46-34-55)77-67(71)59-37-41-61(42-38-59)73-49-21-17-15-13-11-12-14-16-18-22-50-74-62-43-39-60(40-44-62)68(72)78-64-47-35-56(36-48-64)54-27-31-58(32-28-54)66(70)76-52(4)24-20-10-8-6-2/h25-48,51-52H,5-24,49-50H2,1-4H3/t51-,52-/m0/s1. The summed E-state index contributed by atoms with van der Waals surface area (Å²) in [6.45, 7) is 9.53. The molecule has 6 aromatic rings. The Labute approximate surface area is 464 Å². The van der Waals surface area contributed by atoms with Crippen LogP contribution in [0.3, 0.4) is 0 Å². The highest BCUT2D eigenvalue weighted by Gasteiger charge is 2.16. The van der Waals surface area contributed by atoms with Crippen LogP contribution in [0.1, 0.15) is 198 Å². The minimum Gasteiger partial charge on any atom is -0.494 e. The highest BCUT2D eigenvalue weighted by molar-refractivity contribution is 5.93. The molecule has 0 radical (unpaired) electrons. The number of rotatable bonds is 35. The molecule has 0 aromatic heterocycles. The fourth-order valence-electron chi connectivity index (χ4n) is 9.07. The minimum atomic E-state index is -0.437. The van der Waals surface area contributed by atoms with Crippen LogP contribution < -0.4 is 18.9 Å². The van der Waals surface area contributed by atoms with Crippen molar-refractivity contribution in [2.75, 3.05) is 13.2 Å². The molecule has 0 fully saturated rings. The van der Waals surface area contributed by atoms with Crippen molar-refractivity contribution < 1.29 is 47.6 Å². The van der Waals surface area contributed by atoms with Gasteiger partial charge in [-0.25, -0.2) is 19.2 Å². The Balaban J connectivity index is 0.750. The SMILES string of the molecule is CCCCCC[C@H](C)OC(=O)c1ccc(-c2ccc(OC(=O)c3ccc(OCCCCCCCCCCCCOc4ccc(C(=O)Oc5ccc(-c6ccc(C(=O)O[C@@H](C)CCCCCC)cc6)cc5)cc4)cc3)cc2)cc1. The van der Waals surface area contributed by atoms with Gasteiger partial charge in [-0.2, -0.15) is 0 Å². The second-order valence-electron chi connectivity index (χ2n) is 20.4. The summed E-state index contributed by atoms with van der Waals surface area (Å²) in [7, 11) is 0. The zero-order valence-electron chi connectivity index (χ0n) is 46.6. The van der Waals surface area contributed by atoms with E-state index in [-0.39, 0.29) is 24.1 Å². The topological polar surface area (TPSA) is 124 Å². The van der Waals surface area contributed by atoms with Crippen LogP contribution in [0.15, 0.2) is 146 Å². The molecular formula is C68H82O10. The molecule has 0 bridgehead atoms. The van der Waals surface area contributed by atoms with E-state index >= 15 is 0 Å². The molecule has 0 N–H and O–H groups in total. The summed E-state index contributed by atoms with van der Waals surface area (Å²) in [5.41, 5.74) is 5.72. The molecule has 6 aromatic carbocycles. The van der Waals surface area contributed by atoms with E-state index in [1.807, 2.05) is 86.6 Å². The van der Waals surface area contributed by atoms with E-state index in [9.17, 15) is 19.2 Å². The number of hydrogen-bond acceptors (Lipinski definition) is 10. The van der Waals surface area contributed by atoms with Crippen LogP contribution in [0.2, 0.25) is 0 Å². The van der Waals surface area contributed by atoms with E-state index in [0.717, 1.165) is 98.0 Å². The predicted octanol–water partition coefficient (Wildman–Crippen LogP) is 17.8. The van der Waals surface area contributed by atoms with Gasteiger partial charge >= 0.3 is 23.9 Å². The first-order valence-electron chi connectivity index (χ1n) is 28.8. The fraction of sp³-hybridized carbons (Fsp3) is 0.412. The van der Waals surface area contributed by atoms with Crippen molar-refractivity contribution in [3.05, 3.63) is 168 Å². The van der Waals surface area contributed by atoms with E-state index in [1.54, 1.807) is 72.8 Å². The molecule has 0 spiro atoms. The summed E-state index contributed by atoms with van der Waals surface area (Å²) < 4.78 is 34.4. The quantitative estimate of drug-likeness (QED) is 0.0216. The first-order chi connectivity index (χ1) is 38.1. The summed E-state index contributed by atoms with van der Waals surface area (Å²) in [6, 6.07) is 43.5. The van der Waals surface area contributed by atoms with E-state index in [0.29, 0.717) is 47.0 Å². The van der Waals surface area contributed by atoms with E-state index in [2.05, 4.69) is 13.8 Å². The maximum Gasteiger partial charge on any atom is 0.343 e. The zero-order chi connectivity index (χ0) is 55.2. The van der Waals surface area contributed by atoms with Crippen molar-refractivity contribution in [3.8, 4) is 45.3 Å². The van der Waals surface area contributed by atoms with Crippen molar-refractivity contribution in [1.82, 2.24) is 0 Å². The van der Waals surface area contributed by atoms with Gasteiger partial charge in [0.15, 0.2) is 0 Å². The second kappa shape index (κ2) is 33.8. The summed E-state index contributed by atoms with van der Waals surface area (Å²) in [6.07, 6.45) is 22.2. The average Bonchev–Trinajstić information content (AvgIpc) is 3.47. The van der Waals surface area contributed by atoms with Crippen molar-refractivity contribution in [3.63, 3.8) is 0 Å². The molecular weight excluding hydrogens is 977 g/mol. The molecule has 0 saturated heterocycles. The van der Waals surface area contributed by atoms with Crippen molar-refractivity contribution in [1.29, 1.82) is 0 Å². The van der Waals surface area contributed by atoms with Crippen LogP contribution in [0.5, 0.6) is 23.0 Å². The van der Waals surface area contributed by atoms with E-state index < -0.39 is 11.9 Å². The van der Waals surface area contributed by atoms with Gasteiger partial charge in [0.05, 0.1) is 47.7 Å². The molecule has 0 aliphatic heterocycles. The average molecular weight is 1060 g/mol. The zero-order valence-corrected chi connectivity index (χ0v) is 46.6. The van der Waals surface area contributed by atoms with Gasteiger partial charge in [-0.1, -0.05) is 152 Å². The molecule has 0 aliphatic rings. The Morgan fingerprint density at radius 2 is 0.564 bits per heavy atom. The Bertz CT molecular complexity index is 2490. The highest BCUT2D eigenvalue weighted by atomic mass is 16.6. The molecule has 10 nitrogen and oxygen atoms in total. The highest BCUT2D eigenvalue weighted by Crippen LogP contribution is 2.27. The van der Waals surface area contributed by atoms with Crippen LogP contribution in [0.4, 0.5) is 0 Å². The number of unbranched alkanes of at least 4 members (excludes halogenated alkanes) is 15. The number of carbonyl (C=O) groups excluding carboxylic acids is 4. The molecule has 414 valence electrons. The molecule has 0 aliphatic carbocycles. The first kappa shape index (κ1) is 60.0. The smallest absolute Gasteiger partial charge is 0.343 e. The Kier molecular flexibility index (Phi) is 26.1. The van der Waals surface area contributed by atoms with Gasteiger partial charge in [0.25, 0.3) is 0 Å². The lowest BCUT2D eigenvalue weighted by atomic mass is 10.0. The van der Waals surface area contributed by atoms with Crippen LogP contribution in [-0.2, 0) is 9.47 Å². The molecule has 0 unspecified atom stereocenters. The van der Waals surface area contributed by atoms with Gasteiger partial charge in [-0.3, -0.25) is 0 Å². The Morgan fingerprint density at radius 3 is 0.885 bits per heavy atom. The van der Waals surface area contributed by atoms with Gasteiger partial charge in [0, 0.05) is 0 Å². The lowest BCUT2D eigenvalue weighted by molar-refractivity contribution is 0.0309. The van der Waals surface area contributed by atoms with E-state index in [1.165, 1.54) is 64.2 Å². The number of esters is 4. The minimum absolute atomic E-state index is 0.107. The van der Waals surface area contributed by atoms with Crippen LogP contribution in [-0.4, -0.2) is 49.3 Å². The molecule has 0 amide bonds. The maximum absolute atomic E-state index is 12.9. The third-order valence-electron chi connectivity index (χ3n) is 13.8. The summed E-state index contributed by atoms with van der Waals surface area (Å²) >= 11 is 0. The summed E-state index contributed by atoms with van der Waals surface area (Å²) in [5, 5.41) is 0. The van der Waals surface area contributed by atoms with Crippen LogP contribution in [0, 0.1) is 0 Å². The Hall–Kier alpha value is -7.20. The van der Waals surface area contributed by atoms with Gasteiger partial charge in [0.1, 0.15) is 23.0 Å². The van der Waals surface area contributed by atoms with Crippen molar-refractivity contribution in [2.45, 2.75) is 168 Å². The summed E-state index contributed by atoms with van der Waals surface area (Å²) in [4.78, 5) is 51.0. The van der Waals surface area contributed by atoms with Crippen LogP contribution in [0.25, 0.3) is 22.3 Å². The predicted molar refractivity (Wildman–Crippen MR) is 311 cm³/mol. The largest absolute Gasteiger partial charge is 0.494 e. The Morgan fingerprint density at radius 1 is 0.308 bits per heavy atom. The van der Waals surface area contributed by atoms with Gasteiger partial charge in [-0.15, -0.1) is 0 Å². The van der Waals surface area contributed by atoms with Gasteiger partial charge < -0.3 is 28.4 Å². The molecule has 78 heavy (non-hydrogen) atoms. The number of benzene rings is 6. The van der Waals surface area contributed by atoms with Gasteiger partial charge in [-0.05, 0) is 172 Å². The third kappa shape index (κ3) is 21.3. The van der Waals surface area contributed by atoms with Crippen molar-refractivity contribution >= 4 is 23.9 Å². The summed E-state index contributed by atoms with van der Waals surface area (Å²) in [5.74, 6) is 0.870. The molecule has 2 atom stereocenters. The lowest BCUT2D eigenvalue weighted by Crippen LogP contribution is -2.15. The maximum atomic E-state index is 12.9. The molecule has 10 heteroatoms. The third-order valence-corrected chi connectivity index (χ3v) is 13.8. The lowest BCUT2D eigenvalue weighted by Gasteiger charge is -2.13. The second-order valence-corrected chi connectivity index (χ2v) is 20.4. The van der Waals surface area contributed by atoms with Crippen LogP contribution >= 0.6 is 0 Å².